The maximum atomic E-state index is 4.62. The number of aromatic amines is 2. The van der Waals surface area contributed by atoms with Crippen LogP contribution >= 0.6 is 0 Å². The number of rotatable bonds is 0. The van der Waals surface area contributed by atoms with E-state index in [1.165, 1.54) is 5.39 Å². The van der Waals surface area contributed by atoms with Crippen LogP contribution in [0.15, 0.2) is 91.1 Å². The van der Waals surface area contributed by atoms with Crippen LogP contribution < -0.4 is 0 Å². The van der Waals surface area contributed by atoms with Gasteiger partial charge in [0, 0.05) is 54.1 Å². The van der Waals surface area contributed by atoms with Gasteiger partial charge in [0.25, 0.3) is 0 Å². The Morgan fingerprint density at radius 2 is 0.971 bits per heavy atom. The minimum Gasteiger partial charge on any atom is -0.355 e. The summed E-state index contributed by atoms with van der Waals surface area (Å²) in [6, 6.07) is 28.5. The molecule has 2 N–H and O–H groups in total. The van der Waals surface area contributed by atoms with Gasteiger partial charge in [0.2, 0.25) is 0 Å². The third-order valence-corrected chi connectivity index (χ3v) is 5.55. The summed E-state index contributed by atoms with van der Waals surface area (Å²) in [4.78, 5) is 20.2. The summed E-state index contributed by atoms with van der Waals surface area (Å²) in [6.07, 6.45) is 9.86. The summed E-state index contributed by atoms with van der Waals surface area (Å²) < 4.78 is 0. The molecule has 2 aliphatic rings. The van der Waals surface area contributed by atoms with Crippen LogP contribution in [0.5, 0.6) is 0 Å². The molecule has 0 aliphatic carbocycles. The summed E-state index contributed by atoms with van der Waals surface area (Å²) >= 11 is 0. The van der Waals surface area contributed by atoms with Crippen LogP contribution in [0.4, 0.5) is 0 Å². The molecule has 5 nitrogen and oxygen atoms in total. The number of fused-ring (bicyclic) bond motifs is 9. The molecule has 0 unspecified atom stereocenters. The van der Waals surface area contributed by atoms with E-state index in [9.17, 15) is 0 Å². The van der Waals surface area contributed by atoms with E-state index in [1.807, 2.05) is 73.0 Å². The number of hydrogen-bond donors (Lipinski definition) is 2. The van der Waals surface area contributed by atoms with Crippen molar-refractivity contribution in [3.05, 3.63) is 114 Å². The molecule has 1 aromatic carbocycles. The Morgan fingerprint density at radius 3 is 1.54 bits per heavy atom. The molecule has 1 radical (unpaired) electrons. The van der Waals surface area contributed by atoms with Crippen molar-refractivity contribution in [2.24, 2.45) is 0 Å². The van der Waals surface area contributed by atoms with E-state index in [1.54, 1.807) is 0 Å². The zero-order chi connectivity index (χ0) is 22.7. The van der Waals surface area contributed by atoms with Crippen molar-refractivity contribution in [2.75, 3.05) is 0 Å². The van der Waals surface area contributed by atoms with Crippen molar-refractivity contribution >= 4 is 57.3 Å². The molecular weight excluding hydrogens is 605 g/mol. The summed E-state index contributed by atoms with van der Waals surface area (Å²) in [5.74, 6) is 0. The van der Waals surface area contributed by atoms with Gasteiger partial charge in [-0.15, -0.1) is 0 Å². The number of H-pyrrole nitrogens is 2. The van der Waals surface area contributed by atoms with Gasteiger partial charge in [-0.3, -0.25) is 4.98 Å². The fraction of sp³-hybridized carbons (Fsp3) is 0. The zero-order valence-corrected chi connectivity index (χ0v) is 21.4. The average molecular weight is 626 g/mol. The van der Waals surface area contributed by atoms with E-state index in [4.69, 9.17) is 0 Å². The molecule has 7 rings (SSSR count). The molecule has 4 aromatic heterocycles. The van der Waals surface area contributed by atoms with E-state index in [2.05, 4.69) is 67.4 Å². The number of benzene rings is 1. The smallest absolute Gasteiger partial charge is 0.0701 e. The van der Waals surface area contributed by atoms with Gasteiger partial charge in [-0.05, 0) is 85.0 Å². The number of hydrogen-bond acceptors (Lipinski definition) is 3. The zero-order valence-electron chi connectivity index (χ0n) is 18.7. The SMILES string of the molecule is C1=Cc2cc3ccc(cc4ccc(cc5nc(cc1n2)C=C5)[nH]4)[nH]3.[Re].c1ccc2ncccc2c1. The molecule has 169 valence electrons. The summed E-state index contributed by atoms with van der Waals surface area (Å²) in [6.45, 7) is 0. The van der Waals surface area contributed by atoms with Crippen LogP contribution in [0.1, 0.15) is 22.8 Å². The van der Waals surface area contributed by atoms with Crippen LogP contribution in [-0.4, -0.2) is 24.9 Å². The van der Waals surface area contributed by atoms with Gasteiger partial charge in [-0.25, -0.2) is 9.97 Å². The fourth-order valence-electron chi connectivity index (χ4n) is 3.96. The second-order valence-electron chi connectivity index (χ2n) is 8.10. The maximum absolute atomic E-state index is 4.62. The van der Waals surface area contributed by atoms with Crippen LogP contribution in [0.3, 0.4) is 0 Å². The van der Waals surface area contributed by atoms with Crippen molar-refractivity contribution in [3.63, 3.8) is 0 Å². The van der Waals surface area contributed by atoms with Crippen LogP contribution in [0.25, 0.3) is 57.3 Å². The minimum atomic E-state index is 0. The van der Waals surface area contributed by atoms with Crippen molar-refractivity contribution < 1.29 is 20.4 Å². The van der Waals surface area contributed by atoms with E-state index >= 15 is 0 Å². The van der Waals surface area contributed by atoms with Crippen molar-refractivity contribution in [1.82, 2.24) is 24.9 Å². The second-order valence-corrected chi connectivity index (χ2v) is 8.10. The third-order valence-electron chi connectivity index (χ3n) is 5.55. The van der Waals surface area contributed by atoms with Crippen molar-refractivity contribution in [3.8, 4) is 0 Å². The Hall–Kier alpha value is -4.11. The van der Waals surface area contributed by atoms with E-state index in [0.717, 1.165) is 50.4 Å². The van der Waals surface area contributed by atoms with E-state index in [0.29, 0.717) is 0 Å². The Kier molecular flexibility index (Phi) is 6.49. The van der Waals surface area contributed by atoms with Crippen LogP contribution in [0.2, 0.25) is 0 Å². The quantitative estimate of drug-likeness (QED) is 0.193. The third kappa shape index (κ3) is 5.36. The molecule has 2 aliphatic heterocycles. The largest absolute Gasteiger partial charge is 0.355 e. The van der Waals surface area contributed by atoms with Crippen molar-refractivity contribution in [1.29, 1.82) is 0 Å². The molecule has 5 aromatic rings. The molecule has 6 heterocycles. The van der Waals surface area contributed by atoms with Gasteiger partial charge in [0.1, 0.15) is 0 Å². The first-order valence-corrected chi connectivity index (χ1v) is 11.1. The van der Waals surface area contributed by atoms with Gasteiger partial charge in [0.05, 0.1) is 28.3 Å². The van der Waals surface area contributed by atoms with Gasteiger partial charge in [0.15, 0.2) is 0 Å². The summed E-state index contributed by atoms with van der Waals surface area (Å²) in [5.41, 5.74) is 8.92. The Labute approximate surface area is 216 Å². The molecule has 0 spiro atoms. The number of para-hydroxylation sites is 1. The maximum Gasteiger partial charge on any atom is 0.0701 e. The number of aromatic nitrogens is 5. The first-order chi connectivity index (χ1) is 16.8. The molecule has 6 heteroatoms. The average Bonchev–Trinajstić information content (AvgIpc) is 3.66. The Balaban J connectivity index is 0.000000194. The van der Waals surface area contributed by atoms with Gasteiger partial charge in [-0.1, -0.05) is 24.3 Å². The monoisotopic (exact) mass is 626 g/mol. The Morgan fingerprint density at radius 1 is 0.486 bits per heavy atom. The Bertz CT molecular complexity index is 1570. The number of pyridine rings is 1. The second kappa shape index (κ2) is 10.0. The van der Waals surface area contributed by atoms with Gasteiger partial charge >= 0.3 is 0 Å². The summed E-state index contributed by atoms with van der Waals surface area (Å²) in [7, 11) is 0. The normalized spacial score (nSPS) is 11.5. The first kappa shape index (κ1) is 22.7. The van der Waals surface area contributed by atoms with Crippen molar-refractivity contribution in [2.45, 2.75) is 0 Å². The molecular formula is C29H21N5Re. The molecule has 35 heavy (non-hydrogen) atoms. The number of nitrogens with one attached hydrogen (secondary N) is 2. The predicted molar refractivity (Wildman–Crippen MR) is 141 cm³/mol. The molecule has 0 saturated carbocycles. The van der Waals surface area contributed by atoms with E-state index in [-0.39, 0.29) is 20.4 Å². The molecule has 0 saturated heterocycles. The van der Waals surface area contributed by atoms with Gasteiger partial charge in [-0.2, -0.15) is 0 Å². The number of nitrogens with zero attached hydrogens (tertiary/aromatic N) is 3. The predicted octanol–water partition coefficient (Wildman–Crippen LogP) is 6.89. The molecule has 8 bridgehead atoms. The van der Waals surface area contributed by atoms with Gasteiger partial charge < -0.3 is 9.97 Å². The summed E-state index contributed by atoms with van der Waals surface area (Å²) in [5, 5.41) is 1.20. The molecule has 0 atom stereocenters. The standard InChI is InChI=1S/C20H14N4.C9H7N.Re/c1-2-14-10-16-5-6-18(23-16)12-20-8-7-19(24-20)11-17-4-3-15(22-17)9-13(1)21-14;1-2-6-9-8(4-1)5-3-7-10-9;/h1-12,21-22H;1-7H;. The van der Waals surface area contributed by atoms with Crippen LogP contribution in [0, 0.1) is 0 Å². The molecule has 0 amide bonds. The van der Waals surface area contributed by atoms with Crippen LogP contribution in [-0.2, 0) is 20.4 Å². The minimum absolute atomic E-state index is 0. The van der Waals surface area contributed by atoms with E-state index < -0.39 is 0 Å². The topological polar surface area (TPSA) is 70.2 Å². The first-order valence-electron chi connectivity index (χ1n) is 11.1. The molecule has 0 fully saturated rings. The fourth-order valence-corrected chi connectivity index (χ4v) is 3.96.